The van der Waals surface area contributed by atoms with E-state index in [4.69, 9.17) is 4.74 Å². The van der Waals surface area contributed by atoms with Crippen LogP contribution in [0, 0.1) is 17.8 Å². The fourth-order valence-electron chi connectivity index (χ4n) is 2.25. The highest BCUT2D eigenvalue weighted by Crippen LogP contribution is 2.50. The minimum absolute atomic E-state index is 0.198. The van der Waals surface area contributed by atoms with Crippen LogP contribution in [0.4, 0.5) is 4.79 Å². The van der Waals surface area contributed by atoms with Crippen LogP contribution < -0.4 is 0 Å². The lowest BCUT2D eigenvalue weighted by Crippen LogP contribution is -2.37. The predicted octanol–water partition coefficient (Wildman–Crippen LogP) is 1.30. The second-order valence-electron chi connectivity index (χ2n) is 5.43. The molecule has 0 spiro atoms. The Bertz CT molecular complexity index is 283. The molecule has 4 heteroatoms. The van der Waals surface area contributed by atoms with Crippen molar-refractivity contribution in [3.63, 3.8) is 0 Å². The van der Waals surface area contributed by atoms with Crippen molar-refractivity contribution in [3.8, 4) is 0 Å². The van der Waals surface area contributed by atoms with Crippen molar-refractivity contribution in [2.75, 3.05) is 13.1 Å². The quantitative estimate of drug-likeness (QED) is 0.614. The monoisotopic (exact) mass is 211 g/mol. The summed E-state index contributed by atoms with van der Waals surface area (Å²) in [5, 5.41) is 0. The number of hydrogen-bond acceptors (Lipinski definition) is 3. The number of carbonyl (C=O) groups excluding carboxylic acids is 2. The van der Waals surface area contributed by atoms with Gasteiger partial charge in [0.2, 0.25) is 0 Å². The lowest BCUT2D eigenvalue weighted by atomic mass is 10.2. The molecule has 1 saturated carbocycles. The maximum atomic E-state index is 11.6. The van der Waals surface area contributed by atoms with E-state index < -0.39 is 5.60 Å². The fourth-order valence-corrected chi connectivity index (χ4v) is 2.25. The highest BCUT2D eigenvalue weighted by molar-refractivity contribution is 5.70. The maximum absolute atomic E-state index is 11.6. The van der Waals surface area contributed by atoms with Crippen LogP contribution in [-0.4, -0.2) is 36.0 Å². The number of aldehydes is 1. The molecule has 84 valence electrons. The van der Waals surface area contributed by atoms with Crippen LogP contribution in [0.2, 0.25) is 0 Å². The second kappa shape index (κ2) is 3.22. The molecule has 2 rings (SSSR count). The Balaban J connectivity index is 1.84. The van der Waals surface area contributed by atoms with Crippen LogP contribution in [0.15, 0.2) is 0 Å². The largest absolute Gasteiger partial charge is 0.444 e. The minimum Gasteiger partial charge on any atom is -0.444 e. The van der Waals surface area contributed by atoms with Crippen molar-refractivity contribution >= 4 is 12.4 Å². The summed E-state index contributed by atoms with van der Waals surface area (Å²) in [5.74, 6) is 0.994. The van der Waals surface area contributed by atoms with Gasteiger partial charge in [0.1, 0.15) is 11.9 Å². The first-order valence-corrected chi connectivity index (χ1v) is 5.35. The van der Waals surface area contributed by atoms with Crippen molar-refractivity contribution in [2.24, 2.45) is 17.8 Å². The first-order chi connectivity index (χ1) is 6.92. The third-order valence-electron chi connectivity index (χ3n) is 3.07. The Hall–Kier alpha value is -1.06. The van der Waals surface area contributed by atoms with Gasteiger partial charge in [-0.3, -0.25) is 0 Å². The summed E-state index contributed by atoms with van der Waals surface area (Å²) in [6.45, 7) is 6.94. The molecule has 0 aromatic rings. The van der Waals surface area contributed by atoms with E-state index in [-0.39, 0.29) is 12.0 Å². The molecule has 0 aromatic heterocycles. The molecule has 1 aliphatic carbocycles. The third-order valence-corrected chi connectivity index (χ3v) is 3.07. The molecule has 1 saturated heterocycles. The molecule has 0 N–H and O–H groups in total. The molecule has 4 nitrogen and oxygen atoms in total. The Morgan fingerprint density at radius 1 is 1.33 bits per heavy atom. The Morgan fingerprint density at radius 3 is 2.27 bits per heavy atom. The average Bonchev–Trinajstić information content (AvgIpc) is 2.54. The second-order valence-corrected chi connectivity index (χ2v) is 5.43. The van der Waals surface area contributed by atoms with Crippen molar-refractivity contribution in [1.29, 1.82) is 0 Å². The lowest BCUT2D eigenvalue weighted by Gasteiger charge is -2.25. The first kappa shape index (κ1) is 10.5. The van der Waals surface area contributed by atoms with Crippen LogP contribution in [0.25, 0.3) is 0 Å². The van der Waals surface area contributed by atoms with Gasteiger partial charge in [-0.1, -0.05) is 0 Å². The van der Waals surface area contributed by atoms with Gasteiger partial charge in [0, 0.05) is 19.0 Å². The van der Waals surface area contributed by atoms with Crippen molar-refractivity contribution < 1.29 is 14.3 Å². The number of ether oxygens (including phenoxy) is 1. The number of piperidine rings is 1. The molecule has 0 radical (unpaired) electrons. The number of fused-ring (bicyclic) bond motifs is 1. The first-order valence-electron chi connectivity index (χ1n) is 5.35. The Morgan fingerprint density at radius 2 is 1.87 bits per heavy atom. The summed E-state index contributed by atoms with van der Waals surface area (Å²) in [6, 6.07) is 0. The summed E-state index contributed by atoms with van der Waals surface area (Å²) in [7, 11) is 0. The molecule has 2 unspecified atom stereocenters. The minimum atomic E-state index is -0.437. The number of likely N-dealkylation sites (tertiary alicyclic amines) is 1. The molecule has 3 atom stereocenters. The summed E-state index contributed by atoms with van der Waals surface area (Å²) in [5.41, 5.74) is -0.437. The van der Waals surface area contributed by atoms with Crippen LogP contribution >= 0.6 is 0 Å². The van der Waals surface area contributed by atoms with Gasteiger partial charge in [0.25, 0.3) is 0 Å². The van der Waals surface area contributed by atoms with E-state index in [2.05, 4.69) is 0 Å². The molecular weight excluding hydrogens is 194 g/mol. The third kappa shape index (κ3) is 1.98. The van der Waals surface area contributed by atoms with E-state index in [0.717, 1.165) is 6.29 Å². The van der Waals surface area contributed by atoms with Crippen molar-refractivity contribution in [1.82, 2.24) is 4.90 Å². The molecule has 0 bridgehead atoms. The van der Waals surface area contributed by atoms with Gasteiger partial charge in [-0.25, -0.2) is 4.79 Å². The van der Waals surface area contributed by atoms with Crippen LogP contribution in [0.3, 0.4) is 0 Å². The van der Waals surface area contributed by atoms with Gasteiger partial charge in [-0.2, -0.15) is 0 Å². The van der Waals surface area contributed by atoms with Crippen LogP contribution in [0.1, 0.15) is 20.8 Å². The van der Waals surface area contributed by atoms with E-state index >= 15 is 0 Å². The van der Waals surface area contributed by atoms with Crippen LogP contribution in [0.5, 0.6) is 0 Å². The number of carbonyl (C=O) groups is 2. The summed E-state index contributed by atoms with van der Waals surface area (Å²) < 4.78 is 5.26. The fraction of sp³-hybridized carbons (Fsp3) is 0.818. The van der Waals surface area contributed by atoms with E-state index in [0.29, 0.717) is 24.9 Å². The van der Waals surface area contributed by atoms with Gasteiger partial charge in [-0.15, -0.1) is 0 Å². The van der Waals surface area contributed by atoms with E-state index in [1.807, 2.05) is 20.8 Å². The molecule has 1 aliphatic heterocycles. The number of amides is 1. The average molecular weight is 211 g/mol. The Kier molecular flexibility index (Phi) is 2.24. The highest BCUT2D eigenvalue weighted by atomic mass is 16.6. The predicted molar refractivity (Wildman–Crippen MR) is 54.3 cm³/mol. The van der Waals surface area contributed by atoms with Gasteiger partial charge < -0.3 is 14.4 Å². The zero-order valence-electron chi connectivity index (χ0n) is 9.40. The highest BCUT2D eigenvalue weighted by Gasteiger charge is 2.57. The Labute approximate surface area is 89.6 Å². The summed E-state index contributed by atoms with van der Waals surface area (Å²) in [6.07, 6.45) is 0.765. The number of hydrogen-bond donors (Lipinski definition) is 0. The smallest absolute Gasteiger partial charge is 0.410 e. The summed E-state index contributed by atoms with van der Waals surface area (Å²) in [4.78, 5) is 23.9. The molecule has 1 heterocycles. The van der Waals surface area contributed by atoms with Gasteiger partial charge in [0.05, 0.1) is 0 Å². The maximum Gasteiger partial charge on any atom is 0.410 e. The standard InChI is InChI=1S/C11H17NO3/c1-11(2,3)15-10(14)12-4-7-8(5-12)9(7)6-13/h6-9H,4-5H2,1-3H3/t7-,8?,9?/m0/s1. The van der Waals surface area contributed by atoms with Crippen LogP contribution in [-0.2, 0) is 9.53 Å². The van der Waals surface area contributed by atoms with E-state index in [1.165, 1.54) is 0 Å². The summed E-state index contributed by atoms with van der Waals surface area (Å²) >= 11 is 0. The number of nitrogens with zero attached hydrogens (tertiary/aromatic N) is 1. The van der Waals surface area contributed by atoms with Gasteiger partial charge in [0.15, 0.2) is 0 Å². The molecular formula is C11H17NO3. The van der Waals surface area contributed by atoms with Crippen molar-refractivity contribution in [2.45, 2.75) is 26.4 Å². The SMILES string of the molecule is CC(C)(C)OC(=O)N1CC2C(C=O)[C@H]2C1. The molecule has 0 aromatic carbocycles. The normalized spacial score (nSPS) is 33.5. The number of rotatable bonds is 1. The molecule has 2 aliphatic rings. The van der Waals surface area contributed by atoms with E-state index in [9.17, 15) is 9.59 Å². The molecule has 15 heavy (non-hydrogen) atoms. The van der Waals surface area contributed by atoms with E-state index in [1.54, 1.807) is 4.90 Å². The molecule has 1 amide bonds. The van der Waals surface area contributed by atoms with Gasteiger partial charge in [-0.05, 0) is 32.6 Å². The zero-order chi connectivity index (χ0) is 11.2. The zero-order valence-corrected chi connectivity index (χ0v) is 9.40. The topological polar surface area (TPSA) is 46.6 Å². The lowest BCUT2D eigenvalue weighted by molar-refractivity contribution is -0.109. The molecule has 2 fully saturated rings. The van der Waals surface area contributed by atoms with Crippen molar-refractivity contribution in [3.05, 3.63) is 0 Å². The van der Waals surface area contributed by atoms with Gasteiger partial charge >= 0.3 is 6.09 Å².